The number of aromatic nitrogens is 1. The average Bonchev–Trinajstić information content (AvgIpc) is 3.67. The first-order chi connectivity index (χ1) is 17.8. The van der Waals surface area contributed by atoms with Gasteiger partial charge in [-0.25, -0.2) is 0 Å². The maximum absolute atomic E-state index is 12.9. The molecule has 2 saturated carbocycles. The van der Waals surface area contributed by atoms with Crippen molar-refractivity contribution in [2.24, 2.45) is 11.7 Å². The first-order valence-electron chi connectivity index (χ1n) is 13.3. The zero-order valence-electron chi connectivity index (χ0n) is 21.7. The van der Waals surface area contributed by atoms with Gasteiger partial charge in [0.1, 0.15) is 0 Å². The first kappa shape index (κ1) is 25.2. The molecule has 6 heteroatoms. The highest BCUT2D eigenvalue weighted by atomic mass is 16.2. The van der Waals surface area contributed by atoms with E-state index >= 15 is 0 Å². The van der Waals surface area contributed by atoms with Gasteiger partial charge in [0.25, 0.3) is 0 Å². The fourth-order valence-electron chi connectivity index (χ4n) is 5.45. The molecule has 5 rings (SSSR count). The Kier molecular flexibility index (Phi) is 7.11. The van der Waals surface area contributed by atoms with E-state index in [1.165, 1.54) is 5.56 Å². The summed E-state index contributed by atoms with van der Waals surface area (Å²) in [5, 5.41) is 3.09. The summed E-state index contributed by atoms with van der Waals surface area (Å²) < 4.78 is 0. The minimum atomic E-state index is -0.162. The van der Waals surface area contributed by atoms with E-state index in [2.05, 4.69) is 41.7 Å². The molecule has 192 valence electrons. The summed E-state index contributed by atoms with van der Waals surface area (Å²) >= 11 is 0. The van der Waals surface area contributed by atoms with Crippen LogP contribution in [0.5, 0.6) is 0 Å². The third kappa shape index (κ3) is 5.75. The van der Waals surface area contributed by atoms with Gasteiger partial charge in [-0.3, -0.25) is 14.6 Å². The highest BCUT2D eigenvalue weighted by Gasteiger charge is 2.39. The number of rotatable bonds is 7. The number of hydrogen-bond donors (Lipinski definition) is 2. The normalized spacial score (nSPS) is 20.2. The predicted molar refractivity (Wildman–Crippen MR) is 148 cm³/mol. The van der Waals surface area contributed by atoms with Crippen LogP contribution in [-0.4, -0.2) is 34.8 Å². The monoisotopic (exact) mass is 496 g/mol. The van der Waals surface area contributed by atoms with E-state index in [9.17, 15) is 9.59 Å². The quantitative estimate of drug-likeness (QED) is 0.437. The number of benzene rings is 2. The summed E-state index contributed by atoms with van der Waals surface area (Å²) in [5.41, 5.74) is 12.0. The van der Waals surface area contributed by atoms with Gasteiger partial charge in [0, 0.05) is 43.1 Å². The minimum Gasteiger partial charge on any atom is -0.343 e. The second-order valence-electron chi connectivity index (χ2n) is 10.8. The van der Waals surface area contributed by atoms with Crippen molar-refractivity contribution in [1.29, 1.82) is 0 Å². The van der Waals surface area contributed by atoms with Crippen LogP contribution in [0.25, 0.3) is 22.4 Å². The lowest BCUT2D eigenvalue weighted by Gasteiger charge is -2.34. The van der Waals surface area contributed by atoms with Crippen LogP contribution in [0.2, 0.25) is 0 Å². The van der Waals surface area contributed by atoms with Crippen molar-refractivity contribution < 1.29 is 9.59 Å². The van der Waals surface area contributed by atoms with Crippen LogP contribution in [0.3, 0.4) is 0 Å². The number of carbonyl (C=O) groups excluding carboxylic acids is 2. The summed E-state index contributed by atoms with van der Waals surface area (Å²) in [5.74, 6) is 0.459. The van der Waals surface area contributed by atoms with Crippen molar-refractivity contribution in [1.82, 2.24) is 9.88 Å². The number of nitrogens with two attached hydrogens (primary N) is 1. The lowest BCUT2D eigenvalue weighted by Crippen LogP contribution is -2.38. The lowest BCUT2D eigenvalue weighted by molar-refractivity contribution is -0.130. The molecule has 0 unspecified atom stereocenters. The Bertz CT molecular complexity index is 1260. The third-order valence-electron chi connectivity index (χ3n) is 8.11. The summed E-state index contributed by atoms with van der Waals surface area (Å²) in [6.45, 7) is 1.61. The molecule has 0 aliphatic heterocycles. The van der Waals surface area contributed by atoms with Crippen molar-refractivity contribution >= 4 is 17.5 Å². The number of nitrogens with one attached hydrogen (secondary N) is 1. The van der Waals surface area contributed by atoms with E-state index < -0.39 is 0 Å². The number of pyridine rings is 1. The highest BCUT2D eigenvalue weighted by molar-refractivity contribution is 5.93. The van der Waals surface area contributed by atoms with Gasteiger partial charge in [0.15, 0.2) is 0 Å². The van der Waals surface area contributed by atoms with Gasteiger partial charge in [0.05, 0.1) is 17.6 Å². The molecule has 2 aliphatic rings. The van der Waals surface area contributed by atoms with Crippen LogP contribution < -0.4 is 11.1 Å². The molecule has 37 heavy (non-hydrogen) atoms. The van der Waals surface area contributed by atoms with Crippen LogP contribution in [0.15, 0.2) is 66.9 Å². The van der Waals surface area contributed by atoms with Gasteiger partial charge in [-0.2, -0.15) is 0 Å². The number of amides is 2. The fraction of sp³-hybridized carbons (Fsp3) is 0.387. The maximum atomic E-state index is 12.9. The molecule has 2 fully saturated rings. The molecule has 0 radical (unpaired) electrons. The Morgan fingerprint density at radius 1 is 1.00 bits per heavy atom. The molecule has 6 nitrogen and oxygen atoms in total. The second kappa shape index (κ2) is 10.5. The van der Waals surface area contributed by atoms with E-state index in [0.717, 1.165) is 60.9 Å². The molecule has 0 saturated heterocycles. The molecule has 0 bridgehead atoms. The summed E-state index contributed by atoms with van der Waals surface area (Å²) in [6.07, 6.45) is 8.12. The van der Waals surface area contributed by atoms with E-state index in [4.69, 9.17) is 10.7 Å². The predicted octanol–water partition coefficient (Wildman–Crippen LogP) is 5.73. The largest absolute Gasteiger partial charge is 0.343 e. The molecule has 2 aromatic carbocycles. The molecule has 3 N–H and O–H groups in total. The smallest absolute Gasteiger partial charge is 0.224 e. The van der Waals surface area contributed by atoms with Gasteiger partial charge in [-0.15, -0.1) is 0 Å². The molecule has 2 aliphatic carbocycles. The Morgan fingerprint density at radius 2 is 1.68 bits per heavy atom. The standard InChI is InChI=1S/C31H36N4O2/c1-21(36)35(2)27-14-8-22(9-15-27)18-29(37)34-26-19-28(23-6-4-3-5-7-23)30(33-20-26)24-10-12-25(13-11-24)31(32)16-17-31/h3-7,10-13,19-20,22,27H,8-9,14-18,32H2,1-2H3,(H,34,37)/t22-,27-. The van der Waals surface area contributed by atoms with Crippen LogP contribution in [0.4, 0.5) is 5.69 Å². The van der Waals surface area contributed by atoms with E-state index in [0.29, 0.717) is 18.0 Å². The van der Waals surface area contributed by atoms with Crippen LogP contribution in [0.1, 0.15) is 57.4 Å². The fourth-order valence-corrected chi connectivity index (χ4v) is 5.45. The summed E-state index contributed by atoms with van der Waals surface area (Å²) in [7, 11) is 1.87. The van der Waals surface area contributed by atoms with E-state index in [-0.39, 0.29) is 23.4 Å². The van der Waals surface area contributed by atoms with Crippen molar-refractivity contribution in [2.45, 2.75) is 63.5 Å². The molecule has 2 amide bonds. The Labute approximate surface area is 219 Å². The summed E-state index contributed by atoms with van der Waals surface area (Å²) in [4.78, 5) is 31.2. The second-order valence-corrected chi connectivity index (χ2v) is 10.8. The topological polar surface area (TPSA) is 88.3 Å². The molecule has 1 heterocycles. The first-order valence-corrected chi connectivity index (χ1v) is 13.3. The zero-order valence-corrected chi connectivity index (χ0v) is 21.7. The van der Waals surface area contributed by atoms with E-state index in [1.54, 1.807) is 13.1 Å². The average molecular weight is 497 g/mol. The molecule has 1 aromatic heterocycles. The maximum Gasteiger partial charge on any atom is 0.224 e. The molecule has 3 aromatic rings. The van der Waals surface area contributed by atoms with Crippen LogP contribution in [0, 0.1) is 5.92 Å². The third-order valence-corrected chi connectivity index (χ3v) is 8.11. The van der Waals surface area contributed by atoms with Crippen molar-refractivity contribution in [3.8, 4) is 22.4 Å². The van der Waals surface area contributed by atoms with Gasteiger partial charge in [-0.1, -0.05) is 54.6 Å². The lowest BCUT2D eigenvalue weighted by atomic mass is 9.83. The Hall–Kier alpha value is -3.51. The Balaban J connectivity index is 1.30. The number of hydrogen-bond acceptors (Lipinski definition) is 4. The van der Waals surface area contributed by atoms with Crippen molar-refractivity contribution in [2.75, 3.05) is 12.4 Å². The molecular formula is C31H36N4O2. The van der Waals surface area contributed by atoms with Crippen molar-refractivity contribution in [3.63, 3.8) is 0 Å². The highest BCUT2D eigenvalue weighted by Crippen LogP contribution is 2.43. The summed E-state index contributed by atoms with van der Waals surface area (Å²) in [6, 6.07) is 20.9. The van der Waals surface area contributed by atoms with Crippen LogP contribution >= 0.6 is 0 Å². The zero-order chi connectivity index (χ0) is 26.0. The van der Waals surface area contributed by atoms with Gasteiger partial charge < -0.3 is 16.0 Å². The molecule has 0 atom stereocenters. The van der Waals surface area contributed by atoms with Crippen molar-refractivity contribution in [3.05, 3.63) is 72.4 Å². The number of anilines is 1. The minimum absolute atomic E-state index is 0.0129. The molecule has 0 spiro atoms. The number of carbonyl (C=O) groups is 2. The van der Waals surface area contributed by atoms with Gasteiger partial charge in [-0.05, 0) is 61.6 Å². The number of nitrogens with zero attached hydrogens (tertiary/aromatic N) is 2. The SMILES string of the molecule is CC(=O)N(C)[C@H]1CC[C@H](CC(=O)Nc2cnc(-c3ccc(C4(N)CC4)cc3)c(-c3ccccc3)c2)CC1. The van der Waals surface area contributed by atoms with E-state index in [1.807, 2.05) is 36.2 Å². The van der Waals surface area contributed by atoms with Gasteiger partial charge in [0.2, 0.25) is 11.8 Å². The van der Waals surface area contributed by atoms with Crippen LogP contribution in [-0.2, 0) is 15.1 Å². The van der Waals surface area contributed by atoms with Gasteiger partial charge >= 0.3 is 0 Å². The molecular weight excluding hydrogens is 460 g/mol. The Morgan fingerprint density at radius 3 is 2.30 bits per heavy atom.